The van der Waals surface area contributed by atoms with Gasteiger partial charge in [0.25, 0.3) is 5.56 Å². The molecule has 0 bridgehead atoms. The summed E-state index contributed by atoms with van der Waals surface area (Å²) in [5, 5.41) is 3.75. The molecular formula is C14H11Cl3FN3O2. The molecule has 0 saturated heterocycles. The van der Waals surface area contributed by atoms with Crippen LogP contribution in [0.3, 0.4) is 0 Å². The van der Waals surface area contributed by atoms with E-state index in [1.165, 1.54) is 36.3 Å². The van der Waals surface area contributed by atoms with E-state index in [4.69, 9.17) is 34.8 Å². The van der Waals surface area contributed by atoms with E-state index >= 15 is 0 Å². The minimum Gasteiger partial charge on any atom is -0.340 e. The van der Waals surface area contributed by atoms with Crippen molar-refractivity contribution < 1.29 is 9.18 Å². The van der Waals surface area contributed by atoms with Gasteiger partial charge in [0.05, 0.1) is 11.2 Å². The van der Waals surface area contributed by atoms with E-state index < -0.39 is 17.3 Å². The van der Waals surface area contributed by atoms with E-state index in [-0.39, 0.29) is 33.7 Å². The number of hydrogen-bond acceptors (Lipinski definition) is 3. The van der Waals surface area contributed by atoms with Gasteiger partial charge in [0.1, 0.15) is 17.4 Å². The van der Waals surface area contributed by atoms with Crippen LogP contribution in [0.4, 0.5) is 4.39 Å². The van der Waals surface area contributed by atoms with Crippen molar-refractivity contribution in [3.05, 3.63) is 61.2 Å². The second-order valence-electron chi connectivity index (χ2n) is 4.72. The molecule has 9 heteroatoms. The van der Waals surface area contributed by atoms with Gasteiger partial charge in [0, 0.05) is 24.2 Å². The molecule has 23 heavy (non-hydrogen) atoms. The van der Waals surface area contributed by atoms with E-state index in [2.05, 4.69) is 5.10 Å². The number of carbonyl (C=O) groups is 1. The van der Waals surface area contributed by atoms with Gasteiger partial charge in [0.15, 0.2) is 0 Å². The maximum Gasteiger partial charge on any atom is 0.287 e. The first-order valence-electron chi connectivity index (χ1n) is 6.39. The summed E-state index contributed by atoms with van der Waals surface area (Å²) >= 11 is 17.3. The van der Waals surface area contributed by atoms with Crippen LogP contribution >= 0.6 is 34.8 Å². The molecule has 2 aromatic rings. The van der Waals surface area contributed by atoms with Crippen LogP contribution in [0, 0.1) is 5.82 Å². The molecule has 0 aliphatic carbocycles. The highest BCUT2D eigenvalue weighted by Gasteiger charge is 2.17. The number of hydrogen-bond donors (Lipinski definition) is 0. The van der Waals surface area contributed by atoms with Crippen molar-refractivity contribution in [2.75, 3.05) is 7.05 Å². The lowest BCUT2D eigenvalue weighted by molar-refractivity contribution is -0.131. The normalized spacial score (nSPS) is 10.7. The summed E-state index contributed by atoms with van der Waals surface area (Å²) in [4.78, 5) is 25.3. The minimum absolute atomic E-state index is 0.00635. The van der Waals surface area contributed by atoms with Crippen molar-refractivity contribution in [1.29, 1.82) is 0 Å². The monoisotopic (exact) mass is 377 g/mol. The van der Waals surface area contributed by atoms with Crippen LogP contribution in [0.25, 0.3) is 0 Å². The van der Waals surface area contributed by atoms with Crippen molar-refractivity contribution in [2.45, 2.75) is 13.1 Å². The van der Waals surface area contributed by atoms with E-state index in [0.29, 0.717) is 0 Å². The van der Waals surface area contributed by atoms with E-state index in [9.17, 15) is 14.0 Å². The van der Waals surface area contributed by atoms with Gasteiger partial charge in [-0.2, -0.15) is 5.10 Å². The van der Waals surface area contributed by atoms with Crippen molar-refractivity contribution in [3.63, 3.8) is 0 Å². The van der Waals surface area contributed by atoms with Gasteiger partial charge in [-0.3, -0.25) is 9.59 Å². The molecule has 1 heterocycles. The Balaban J connectivity index is 2.15. The summed E-state index contributed by atoms with van der Waals surface area (Å²) in [6.07, 6.45) is 1.17. The Morgan fingerprint density at radius 2 is 2.00 bits per heavy atom. The summed E-state index contributed by atoms with van der Waals surface area (Å²) in [7, 11) is 1.47. The Bertz CT molecular complexity index is 790. The maximum absolute atomic E-state index is 13.7. The zero-order chi connectivity index (χ0) is 17.1. The SMILES string of the molecule is CN(Cc1c(F)cccc1Cl)C(=O)Cn1ncc(Cl)c(Cl)c1=O. The van der Waals surface area contributed by atoms with Crippen molar-refractivity contribution in [3.8, 4) is 0 Å². The highest BCUT2D eigenvalue weighted by Crippen LogP contribution is 2.20. The number of likely N-dealkylation sites (N-methyl/N-ethyl adjacent to an activating group) is 1. The summed E-state index contributed by atoms with van der Waals surface area (Å²) in [5.74, 6) is -0.973. The molecule has 122 valence electrons. The molecule has 1 aromatic carbocycles. The largest absolute Gasteiger partial charge is 0.340 e. The Morgan fingerprint density at radius 1 is 1.30 bits per heavy atom. The number of halogens is 4. The zero-order valence-corrected chi connectivity index (χ0v) is 14.2. The van der Waals surface area contributed by atoms with Crippen molar-refractivity contribution in [1.82, 2.24) is 14.7 Å². The predicted molar refractivity (Wildman–Crippen MR) is 86.4 cm³/mol. The lowest BCUT2D eigenvalue weighted by Gasteiger charge is -2.18. The Hall–Kier alpha value is -1.63. The summed E-state index contributed by atoms with van der Waals surface area (Å²) in [6, 6.07) is 4.26. The highest BCUT2D eigenvalue weighted by molar-refractivity contribution is 6.41. The van der Waals surface area contributed by atoms with Gasteiger partial charge in [-0.25, -0.2) is 9.07 Å². The summed E-state index contributed by atoms with van der Waals surface area (Å²) in [5.41, 5.74) is -0.482. The summed E-state index contributed by atoms with van der Waals surface area (Å²) < 4.78 is 14.6. The van der Waals surface area contributed by atoms with Gasteiger partial charge in [-0.1, -0.05) is 40.9 Å². The highest BCUT2D eigenvalue weighted by atomic mass is 35.5. The van der Waals surface area contributed by atoms with Crippen LogP contribution in [-0.2, 0) is 17.9 Å². The quantitative estimate of drug-likeness (QED) is 0.822. The number of carbonyl (C=O) groups excluding carboxylic acids is 1. The second-order valence-corrected chi connectivity index (χ2v) is 5.91. The molecule has 0 aliphatic heterocycles. The fourth-order valence-electron chi connectivity index (χ4n) is 1.82. The van der Waals surface area contributed by atoms with Crippen molar-refractivity contribution in [2.24, 2.45) is 0 Å². The second kappa shape index (κ2) is 7.29. The van der Waals surface area contributed by atoms with Crippen LogP contribution in [0.2, 0.25) is 15.1 Å². The molecule has 2 rings (SSSR count). The van der Waals surface area contributed by atoms with Gasteiger partial charge in [-0.15, -0.1) is 0 Å². The topological polar surface area (TPSA) is 55.2 Å². The molecule has 0 saturated carbocycles. The average Bonchev–Trinajstić information content (AvgIpc) is 2.51. The first-order chi connectivity index (χ1) is 10.8. The smallest absolute Gasteiger partial charge is 0.287 e. The molecule has 0 aliphatic rings. The maximum atomic E-state index is 13.7. The fourth-order valence-corrected chi connectivity index (χ4v) is 2.31. The molecule has 0 N–H and O–H groups in total. The van der Waals surface area contributed by atoms with E-state index in [0.717, 1.165) is 4.68 Å². The van der Waals surface area contributed by atoms with Crippen LogP contribution in [-0.4, -0.2) is 27.6 Å². The Labute approximate surface area is 146 Å². The van der Waals surface area contributed by atoms with Gasteiger partial charge in [-0.05, 0) is 12.1 Å². The third kappa shape index (κ3) is 4.02. The lowest BCUT2D eigenvalue weighted by atomic mass is 10.2. The standard InChI is InChI=1S/C14H11Cl3FN3O2/c1-20(6-8-9(15)3-2-4-11(8)18)12(22)7-21-14(23)13(17)10(16)5-19-21/h2-5H,6-7H2,1H3. The number of benzene rings is 1. The van der Waals surface area contributed by atoms with Crippen LogP contribution < -0.4 is 5.56 Å². The van der Waals surface area contributed by atoms with Gasteiger partial charge in [0.2, 0.25) is 5.91 Å². The summed E-state index contributed by atoms with van der Waals surface area (Å²) in [6.45, 7) is -0.390. The molecule has 0 radical (unpaired) electrons. The number of nitrogens with zero attached hydrogens (tertiary/aromatic N) is 3. The molecular weight excluding hydrogens is 368 g/mol. The van der Waals surface area contributed by atoms with E-state index in [1.54, 1.807) is 0 Å². The lowest BCUT2D eigenvalue weighted by Crippen LogP contribution is -2.35. The molecule has 0 atom stereocenters. The van der Waals surface area contributed by atoms with Gasteiger partial charge >= 0.3 is 0 Å². The van der Waals surface area contributed by atoms with Crippen LogP contribution in [0.1, 0.15) is 5.56 Å². The molecule has 1 amide bonds. The average molecular weight is 379 g/mol. The molecule has 0 fully saturated rings. The molecule has 1 aromatic heterocycles. The minimum atomic E-state index is -0.676. The van der Waals surface area contributed by atoms with Crippen LogP contribution in [0.5, 0.6) is 0 Å². The number of aromatic nitrogens is 2. The Morgan fingerprint density at radius 3 is 2.65 bits per heavy atom. The number of amides is 1. The first kappa shape index (κ1) is 17.7. The number of rotatable bonds is 4. The molecule has 0 spiro atoms. The fraction of sp³-hybridized carbons (Fsp3) is 0.214. The third-order valence-corrected chi connectivity index (χ3v) is 4.21. The third-order valence-electron chi connectivity index (χ3n) is 3.11. The predicted octanol–water partition coefficient (Wildman–Crippen LogP) is 3.00. The molecule has 0 unspecified atom stereocenters. The van der Waals surface area contributed by atoms with Gasteiger partial charge < -0.3 is 4.90 Å². The zero-order valence-electron chi connectivity index (χ0n) is 11.9. The first-order valence-corrected chi connectivity index (χ1v) is 7.52. The Kier molecular flexibility index (Phi) is 5.62. The van der Waals surface area contributed by atoms with E-state index in [1.807, 2.05) is 0 Å². The molecule has 5 nitrogen and oxygen atoms in total. The van der Waals surface area contributed by atoms with Crippen LogP contribution in [0.15, 0.2) is 29.2 Å². The van der Waals surface area contributed by atoms with Crippen molar-refractivity contribution >= 4 is 40.7 Å².